The summed E-state index contributed by atoms with van der Waals surface area (Å²) in [7, 11) is 0. The molecule has 0 aromatic heterocycles. The fourth-order valence-corrected chi connectivity index (χ4v) is 3.16. The van der Waals surface area contributed by atoms with Crippen LogP contribution in [-0.2, 0) is 0 Å². The molecule has 15 heavy (non-hydrogen) atoms. The molecule has 82 valence electrons. The Labute approximate surface area is 101 Å². The highest BCUT2D eigenvalue weighted by Crippen LogP contribution is 2.35. The van der Waals surface area contributed by atoms with Gasteiger partial charge in [0.25, 0.3) is 0 Å². The van der Waals surface area contributed by atoms with Crippen molar-refractivity contribution in [2.45, 2.75) is 30.9 Å². The molecule has 0 saturated carbocycles. The number of benzene rings is 1. The van der Waals surface area contributed by atoms with Crippen LogP contribution in [0.2, 0.25) is 5.02 Å². The van der Waals surface area contributed by atoms with E-state index in [4.69, 9.17) is 11.6 Å². The summed E-state index contributed by atoms with van der Waals surface area (Å²) in [6.45, 7) is 5.43. The first-order valence-corrected chi connectivity index (χ1v) is 6.64. The molecule has 1 saturated heterocycles. The van der Waals surface area contributed by atoms with Crippen molar-refractivity contribution in [3.8, 4) is 0 Å². The summed E-state index contributed by atoms with van der Waals surface area (Å²) in [6, 6.07) is 6.35. The van der Waals surface area contributed by atoms with Gasteiger partial charge in [0.15, 0.2) is 0 Å². The summed E-state index contributed by atoms with van der Waals surface area (Å²) in [4.78, 5) is 0. The minimum atomic E-state index is 0.409. The van der Waals surface area contributed by atoms with Gasteiger partial charge in [-0.15, -0.1) is 11.8 Å². The molecule has 1 heterocycles. The van der Waals surface area contributed by atoms with Gasteiger partial charge in [-0.25, -0.2) is 0 Å². The number of rotatable bonds is 1. The maximum Gasteiger partial charge on any atom is 0.0792 e. The molecule has 2 atom stereocenters. The van der Waals surface area contributed by atoms with E-state index in [1.165, 1.54) is 12.0 Å². The highest BCUT2D eigenvalue weighted by Gasteiger charge is 2.20. The van der Waals surface area contributed by atoms with Crippen molar-refractivity contribution in [3.05, 3.63) is 34.3 Å². The molecule has 1 aliphatic heterocycles. The van der Waals surface area contributed by atoms with Crippen LogP contribution in [0.1, 0.15) is 29.8 Å². The molecule has 0 bridgehead atoms. The SMILES string of the molecule is Cc1ccc(C2NCCC(C)S2)cc1Cl. The number of aryl methyl sites for hydroxylation is 1. The lowest BCUT2D eigenvalue weighted by molar-refractivity contribution is 0.605. The van der Waals surface area contributed by atoms with Crippen LogP contribution in [0.25, 0.3) is 0 Å². The van der Waals surface area contributed by atoms with Crippen LogP contribution in [0, 0.1) is 6.92 Å². The lowest BCUT2D eigenvalue weighted by atomic mass is 10.1. The summed E-state index contributed by atoms with van der Waals surface area (Å²) < 4.78 is 0. The minimum Gasteiger partial charge on any atom is -0.302 e. The summed E-state index contributed by atoms with van der Waals surface area (Å²) in [5.74, 6) is 0. The summed E-state index contributed by atoms with van der Waals surface area (Å²) in [6.07, 6.45) is 1.25. The van der Waals surface area contributed by atoms with Crippen molar-refractivity contribution in [1.82, 2.24) is 5.32 Å². The minimum absolute atomic E-state index is 0.409. The molecule has 2 unspecified atom stereocenters. The average Bonchev–Trinajstić information content (AvgIpc) is 2.22. The Balaban J connectivity index is 2.18. The second-order valence-electron chi connectivity index (χ2n) is 4.08. The predicted molar refractivity (Wildman–Crippen MR) is 68.6 cm³/mol. The average molecular weight is 242 g/mol. The van der Waals surface area contributed by atoms with Crippen LogP contribution in [0.3, 0.4) is 0 Å². The highest BCUT2D eigenvalue weighted by atomic mass is 35.5. The Morgan fingerprint density at radius 1 is 1.47 bits per heavy atom. The van der Waals surface area contributed by atoms with Crippen LogP contribution in [-0.4, -0.2) is 11.8 Å². The molecule has 3 heteroatoms. The second-order valence-corrected chi connectivity index (χ2v) is 6.03. The van der Waals surface area contributed by atoms with Gasteiger partial charge in [-0.2, -0.15) is 0 Å². The van der Waals surface area contributed by atoms with E-state index in [1.807, 2.05) is 18.7 Å². The van der Waals surface area contributed by atoms with Gasteiger partial charge in [0.1, 0.15) is 0 Å². The van der Waals surface area contributed by atoms with Crippen molar-refractivity contribution in [2.24, 2.45) is 0 Å². The molecule has 0 aliphatic carbocycles. The summed E-state index contributed by atoms with van der Waals surface area (Å²) in [5, 5.41) is 5.53. The van der Waals surface area contributed by atoms with Gasteiger partial charge < -0.3 is 5.32 Å². The first kappa shape index (κ1) is 11.3. The molecule has 1 aliphatic rings. The van der Waals surface area contributed by atoms with Gasteiger partial charge in [-0.3, -0.25) is 0 Å². The highest BCUT2D eigenvalue weighted by molar-refractivity contribution is 8.00. The molecule has 1 aromatic carbocycles. The maximum absolute atomic E-state index is 6.13. The molecular weight excluding hydrogens is 226 g/mol. The van der Waals surface area contributed by atoms with E-state index >= 15 is 0 Å². The predicted octanol–water partition coefficient (Wildman–Crippen LogP) is 3.76. The largest absolute Gasteiger partial charge is 0.302 e. The van der Waals surface area contributed by atoms with E-state index in [0.717, 1.165) is 22.4 Å². The monoisotopic (exact) mass is 241 g/mol. The third-order valence-electron chi connectivity index (χ3n) is 2.75. The van der Waals surface area contributed by atoms with E-state index in [-0.39, 0.29) is 0 Å². The van der Waals surface area contributed by atoms with E-state index in [9.17, 15) is 0 Å². The molecule has 1 nitrogen and oxygen atoms in total. The van der Waals surface area contributed by atoms with Crippen LogP contribution < -0.4 is 5.32 Å². The molecule has 0 amide bonds. The van der Waals surface area contributed by atoms with Crippen LogP contribution in [0.4, 0.5) is 0 Å². The standard InChI is InChI=1S/C12H16ClNS/c1-8-3-4-10(7-11(8)13)12-14-6-5-9(2)15-12/h3-4,7,9,12,14H,5-6H2,1-2H3. The quantitative estimate of drug-likeness (QED) is 0.804. The van der Waals surface area contributed by atoms with Crippen molar-refractivity contribution >= 4 is 23.4 Å². The van der Waals surface area contributed by atoms with Crippen LogP contribution in [0.15, 0.2) is 18.2 Å². The maximum atomic E-state index is 6.13. The van der Waals surface area contributed by atoms with Gasteiger partial charge >= 0.3 is 0 Å². The van der Waals surface area contributed by atoms with Gasteiger partial charge in [-0.05, 0) is 37.1 Å². The third-order valence-corrected chi connectivity index (χ3v) is 4.57. The molecule has 0 spiro atoms. The zero-order chi connectivity index (χ0) is 10.8. The van der Waals surface area contributed by atoms with E-state index in [2.05, 4.69) is 30.4 Å². The van der Waals surface area contributed by atoms with Crippen molar-refractivity contribution < 1.29 is 0 Å². The van der Waals surface area contributed by atoms with Crippen molar-refractivity contribution in [3.63, 3.8) is 0 Å². The Kier molecular flexibility index (Phi) is 3.60. The normalized spacial score (nSPS) is 26.6. The molecule has 1 aromatic rings. The lowest BCUT2D eigenvalue weighted by Crippen LogP contribution is -2.28. The molecule has 0 radical (unpaired) electrons. The second kappa shape index (κ2) is 4.77. The number of hydrogen-bond donors (Lipinski definition) is 1. The first-order chi connectivity index (χ1) is 7.16. The van der Waals surface area contributed by atoms with Crippen LogP contribution >= 0.6 is 23.4 Å². The van der Waals surface area contributed by atoms with Gasteiger partial charge in [0.2, 0.25) is 0 Å². The Morgan fingerprint density at radius 2 is 2.27 bits per heavy atom. The number of hydrogen-bond acceptors (Lipinski definition) is 2. The van der Waals surface area contributed by atoms with E-state index < -0.39 is 0 Å². The number of thioether (sulfide) groups is 1. The molecular formula is C12H16ClNS. The zero-order valence-electron chi connectivity index (χ0n) is 9.09. The van der Waals surface area contributed by atoms with Crippen molar-refractivity contribution in [1.29, 1.82) is 0 Å². The van der Waals surface area contributed by atoms with Gasteiger partial charge in [0.05, 0.1) is 5.37 Å². The fraction of sp³-hybridized carbons (Fsp3) is 0.500. The number of halogens is 1. The number of nitrogens with one attached hydrogen (secondary N) is 1. The topological polar surface area (TPSA) is 12.0 Å². The summed E-state index contributed by atoms with van der Waals surface area (Å²) >= 11 is 8.12. The summed E-state index contributed by atoms with van der Waals surface area (Å²) in [5.41, 5.74) is 2.44. The van der Waals surface area contributed by atoms with Crippen LogP contribution in [0.5, 0.6) is 0 Å². The third kappa shape index (κ3) is 2.68. The smallest absolute Gasteiger partial charge is 0.0792 e. The molecule has 1 N–H and O–H groups in total. The van der Waals surface area contributed by atoms with Crippen molar-refractivity contribution in [2.75, 3.05) is 6.54 Å². The first-order valence-electron chi connectivity index (χ1n) is 5.31. The Morgan fingerprint density at radius 3 is 2.93 bits per heavy atom. The van der Waals surface area contributed by atoms with Gasteiger partial charge in [0, 0.05) is 10.3 Å². The van der Waals surface area contributed by atoms with E-state index in [0.29, 0.717) is 5.37 Å². The molecule has 2 rings (SSSR count). The molecule has 1 fully saturated rings. The van der Waals surface area contributed by atoms with E-state index in [1.54, 1.807) is 0 Å². The Hall–Kier alpha value is -0.180. The lowest BCUT2D eigenvalue weighted by Gasteiger charge is -2.28. The zero-order valence-corrected chi connectivity index (χ0v) is 10.7. The fourth-order valence-electron chi connectivity index (χ4n) is 1.73. The van der Waals surface area contributed by atoms with Gasteiger partial charge in [-0.1, -0.05) is 30.7 Å². The Bertz CT molecular complexity index is 353.